The van der Waals surface area contributed by atoms with Crippen LogP contribution in [0.5, 0.6) is 0 Å². The quantitative estimate of drug-likeness (QED) is 0.480. The molecule has 3 aromatic rings. The largest absolute Gasteiger partial charge is 0.454 e. The van der Waals surface area contributed by atoms with Crippen LogP contribution in [-0.2, 0) is 38.6 Å². The summed E-state index contributed by atoms with van der Waals surface area (Å²) in [6, 6.07) is 7.54. The number of halogens is 1. The summed E-state index contributed by atoms with van der Waals surface area (Å²) in [5.74, 6) is 0.134. The van der Waals surface area contributed by atoms with E-state index in [0.717, 1.165) is 23.3 Å². The number of aryl methyl sites for hydroxylation is 2. The maximum atomic E-state index is 13.4. The molecule has 0 saturated carbocycles. The Morgan fingerprint density at radius 1 is 1.21 bits per heavy atom. The Hall–Kier alpha value is -2.72. The number of esters is 1. The molecule has 2 aromatic heterocycles. The zero-order valence-electron chi connectivity index (χ0n) is 18.3. The molecular weight excluding hydrogens is 477 g/mol. The number of carbonyl (C=O) groups excluding carboxylic acids is 2. The lowest BCUT2D eigenvalue weighted by molar-refractivity contribution is -0.155. The SMILES string of the molecule is O=C(OCc1nnc(-c2cc3c(s2)CCCC3)o1)C1CSC2(c3ccc(F)cc3)CCC(=O)N12. The number of thioether (sulfide) groups is 1. The van der Waals surface area contributed by atoms with Gasteiger partial charge >= 0.3 is 5.97 Å². The van der Waals surface area contributed by atoms with Crippen LogP contribution in [0.3, 0.4) is 0 Å². The second-order valence-corrected chi connectivity index (χ2v) is 11.2. The Morgan fingerprint density at radius 2 is 2.03 bits per heavy atom. The summed E-state index contributed by atoms with van der Waals surface area (Å²) in [5, 5.41) is 8.17. The molecule has 4 heterocycles. The lowest BCUT2D eigenvalue weighted by Gasteiger charge is -2.33. The van der Waals surface area contributed by atoms with Gasteiger partial charge in [-0.05, 0) is 61.4 Å². The van der Waals surface area contributed by atoms with Crippen molar-refractivity contribution in [1.29, 1.82) is 0 Å². The topological polar surface area (TPSA) is 85.5 Å². The first kappa shape index (κ1) is 21.8. The molecule has 176 valence electrons. The highest BCUT2D eigenvalue weighted by Gasteiger charge is 2.57. The number of nitrogens with zero attached hydrogens (tertiary/aromatic N) is 3. The molecule has 0 radical (unpaired) electrons. The molecule has 2 saturated heterocycles. The Bertz CT molecular complexity index is 1230. The molecule has 3 aliphatic rings. The van der Waals surface area contributed by atoms with E-state index in [4.69, 9.17) is 9.15 Å². The molecule has 34 heavy (non-hydrogen) atoms. The summed E-state index contributed by atoms with van der Waals surface area (Å²) in [5.41, 5.74) is 2.18. The van der Waals surface area contributed by atoms with Gasteiger partial charge in [-0.2, -0.15) is 0 Å². The van der Waals surface area contributed by atoms with Crippen molar-refractivity contribution in [3.05, 3.63) is 58.0 Å². The molecule has 10 heteroatoms. The average Bonchev–Trinajstić information content (AvgIpc) is 3.62. The summed E-state index contributed by atoms with van der Waals surface area (Å²) in [4.78, 5) is 29.0. The van der Waals surface area contributed by atoms with E-state index in [1.54, 1.807) is 28.4 Å². The van der Waals surface area contributed by atoms with E-state index in [1.165, 1.54) is 47.2 Å². The number of rotatable bonds is 5. The van der Waals surface area contributed by atoms with Gasteiger partial charge in [0, 0.05) is 17.1 Å². The molecule has 2 fully saturated rings. The van der Waals surface area contributed by atoms with Gasteiger partial charge < -0.3 is 14.1 Å². The van der Waals surface area contributed by atoms with Crippen molar-refractivity contribution in [2.24, 2.45) is 0 Å². The number of ether oxygens (including phenoxy) is 1. The van der Waals surface area contributed by atoms with E-state index in [1.807, 2.05) is 0 Å². The van der Waals surface area contributed by atoms with Crippen LogP contribution in [0.15, 0.2) is 34.7 Å². The number of amides is 1. The van der Waals surface area contributed by atoms with Crippen LogP contribution < -0.4 is 0 Å². The van der Waals surface area contributed by atoms with Crippen molar-refractivity contribution in [2.75, 3.05) is 5.75 Å². The maximum absolute atomic E-state index is 13.4. The van der Waals surface area contributed by atoms with Crippen molar-refractivity contribution >= 4 is 35.0 Å². The molecule has 2 aliphatic heterocycles. The zero-order chi connectivity index (χ0) is 23.3. The van der Waals surface area contributed by atoms with Crippen molar-refractivity contribution in [2.45, 2.75) is 56.0 Å². The van der Waals surface area contributed by atoms with Gasteiger partial charge in [0.15, 0.2) is 6.61 Å². The predicted octanol–water partition coefficient (Wildman–Crippen LogP) is 4.45. The smallest absolute Gasteiger partial charge is 0.330 e. The molecular formula is C24H22FN3O4S2. The summed E-state index contributed by atoms with van der Waals surface area (Å²) >= 11 is 3.21. The molecule has 1 amide bonds. The van der Waals surface area contributed by atoms with E-state index in [0.29, 0.717) is 24.5 Å². The van der Waals surface area contributed by atoms with Gasteiger partial charge in [-0.25, -0.2) is 9.18 Å². The van der Waals surface area contributed by atoms with Crippen molar-refractivity contribution in [3.63, 3.8) is 0 Å². The van der Waals surface area contributed by atoms with Crippen LogP contribution in [-0.4, -0.2) is 38.8 Å². The number of hydrogen-bond donors (Lipinski definition) is 0. The number of fused-ring (bicyclic) bond motifs is 2. The van der Waals surface area contributed by atoms with E-state index < -0.39 is 16.9 Å². The summed E-state index contributed by atoms with van der Waals surface area (Å²) in [7, 11) is 0. The molecule has 1 aliphatic carbocycles. The van der Waals surface area contributed by atoms with Crippen molar-refractivity contribution < 1.29 is 23.1 Å². The van der Waals surface area contributed by atoms with E-state index >= 15 is 0 Å². The lowest BCUT2D eigenvalue weighted by Crippen LogP contribution is -2.46. The molecule has 1 aromatic carbocycles. The van der Waals surface area contributed by atoms with Gasteiger partial charge in [-0.3, -0.25) is 4.79 Å². The highest BCUT2D eigenvalue weighted by molar-refractivity contribution is 8.00. The molecule has 0 N–H and O–H groups in total. The van der Waals surface area contributed by atoms with Crippen LogP contribution in [0.25, 0.3) is 10.8 Å². The van der Waals surface area contributed by atoms with Crippen LogP contribution >= 0.6 is 23.1 Å². The first-order valence-electron chi connectivity index (χ1n) is 11.4. The molecule has 0 spiro atoms. The molecule has 2 atom stereocenters. The first-order chi connectivity index (χ1) is 16.5. The Labute approximate surface area is 203 Å². The van der Waals surface area contributed by atoms with Crippen LogP contribution in [0.2, 0.25) is 0 Å². The molecule has 0 bridgehead atoms. The maximum Gasteiger partial charge on any atom is 0.330 e. The summed E-state index contributed by atoms with van der Waals surface area (Å²) < 4.78 is 24.7. The third kappa shape index (κ3) is 3.63. The number of hydrogen-bond acceptors (Lipinski definition) is 8. The summed E-state index contributed by atoms with van der Waals surface area (Å²) in [6.07, 6.45) is 5.50. The van der Waals surface area contributed by atoms with E-state index in [-0.39, 0.29) is 24.2 Å². The predicted molar refractivity (Wildman–Crippen MR) is 124 cm³/mol. The molecule has 2 unspecified atom stereocenters. The van der Waals surface area contributed by atoms with Crippen LogP contribution in [0.4, 0.5) is 4.39 Å². The second-order valence-electron chi connectivity index (χ2n) is 8.76. The van der Waals surface area contributed by atoms with Crippen LogP contribution in [0.1, 0.15) is 47.6 Å². The highest BCUT2D eigenvalue weighted by atomic mass is 32.2. The van der Waals surface area contributed by atoms with Gasteiger partial charge in [-0.15, -0.1) is 33.3 Å². The molecule has 7 nitrogen and oxygen atoms in total. The Morgan fingerprint density at radius 3 is 2.85 bits per heavy atom. The Balaban J connectivity index is 1.15. The van der Waals surface area contributed by atoms with Gasteiger partial charge in [-0.1, -0.05) is 12.1 Å². The van der Waals surface area contributed by atoms with E-state index in [9.17, 15) is 14.0 Å². The zero-order valence-corrected chi connectivity index (χ0v) is 19.9. The van der Waals surface area contributed by atoms with Crippen LogP contribution in [0, 0.1) is 5.82 Å². The summed E-state index contributed by atoms with van der Waals surface area (Å²) in [6.45, 7) is -0.149. The minimum absolute atomic E-state index is 0.0991. The second kappa shape index (κ2) is 8.49. The minimum atomic E-state index is -0.712. The van der Waals surface area contributed by atoms with Crippen molar-refractivity contribution in [3.8, 4) is 10.8 Å². The van der Waals surface area contributed by atoms with Gasteiger partial charge in [0.2, 0.25) is 5.91 Å². The molecule has 6 rings (SSSR count). The fourth-order valence-electron chi connectivity index (χ4n) is 5.06. The normalized spacial score (nSPS) is 23.7. The average molecular weight is 500 g/mol. The fraction of sp³-hybridized carbons (Fsp3) is 0.417. The first-order valence-corrected chi connectivity index (χ1v) is 13.2. The third-order valence-corrected chi connectivity index (χ3v) is 9.53. The van der Waals surface area contributed by atoms with Gasteiger partial charge in [0.25, 0.3) is 11.8 Å². The van der Waals surface area contributed by atoms with Gasteiger partial charge in [0.1, 0.15) is 16.7 Å². The number of benzene rings is 1. The monoisotopic (exact) mass is 499 g/mol. The number of thiophene rings is 1. The minimum Gasteiger partial charge on any atom is -0.454 e. The standard InChI is InChI=1S/C24H22FN3O4S2/c25-16-7-5-15(6-8-16)24-10-9-21(29)28(24)17(13-33-24)23(30)31-12-20-26-27-22(32-20)19-11-14-3-1-2-4-18(14)34-19/h5-8,11,17H,1-4,9-10,12-13H2. The fourth-order valence-corrected chi connectivity index (χ4v) is 7.88. The highest BCUT2D eigenvalue weighted by Crippen LogP contribution is 2.54. The Kier molecular flexibility index (Phi) is 5.44. The lowest BCUT2D eigenvalue weighted by atomic mass is 9.99. The van der Waals surface area contributed by atoms with E-state index in [2.05, 4.69) is 16.3 Å². The number of aromatic nitrogens is 2. The number of carbonyl (C=O) groups is 2. The third-order valence-electron chi connectivity index (χ3n) is 6.71. The van der Waals surface area contributed by atoms with Gasteiger partial charge in [0.05, 0.1) is 4.88 Å². The van der Waals surface area contributed by atoms with Crippen molar-refractivity contribution in [1.82, 2.24) is 15.1 Å².